The molecule has 2 aromatic rings. The summed E-state index contributed by atoms with van der Waals surface area (Å²) < 4.78 is 5.54. The van der Waals surface area contributed by atoms with Crippen LogP contribution in [0.15, 0.2) is 29.6 Å². The van der Waals surface area contributed by atoms with Gasteiger partial charge in [-0.05, 0) is 62.5 Å². The number of benzene rings is 1. The maximum atomic E-state index is 13.4. The molecule has 2 N–H and O–H groups in total. The van der Waals surface area contributed by atoms with Crippen molar-refractivity contribution in [3.05, 3.63) is 35.2 Å². The van der Waals surface area contributed by atoms with E-state index in [9.17, 15) is 14.4 Å². The molecule has 0 bridgehead atoms. The minimum absolute atomic E-state index is 0.0355. The van der Waals surface area contributed by atoms with E-state index < -0.39 is 6.04 Å². The summed E-state index contributed by atoms with van der Waals surface area (Å²) in [6.07, 6.45) is 6.73. The molecule has 1 aromatic heterocycles. The van der Waals surface area contributed by atoms with Gasteiger partial charge in [-0.3, -0.25) is 14.4 Å². The highest BCUT2D eigenvalue weighted by molar-refractivity contribution is 8.00. The number of carbonyl (C=O) groups is 3. The van der Waals surface area contributed by atoms with Crippen molar-refractivity contribution in [2.24, 2.45) is 11.8 Å². The van der Waals surface area contributed by atoms with Crippen LogP contribution in [0.4, 0.5) is 5.13 Å². The fraction of sp³-hybridized carbons (Fsp3) is 0.556. The Morgan fingerprint density at radius 1 is 1.03 bits per heavy atom. The number of hydrogen-bond donors (Lipinski definition) is 2. The first-order valence-electron chi connectivity index (χ1n) is 13.2. The number of aromatic nitrogens is 1. The molecular weight excluding hydrogens is 508 g/mol. The fourth-order valence-corrected chi connectivity index (χ4v) is 7.41. The number of rotatable bonds is 8. The summed E-state index contributed by atoms with van der Waals surface area (Å²) in [6, 6.07) is 7.21. The van der Waals surface area contributed by atoms with Crippen molar-refractivity contribution in [2.75, 3.05) is 24.3 Å². The third kappa shape index (κ3) is 5.86. The molecule has 2 saturated carbocycles. The molecule has 0 spiro atoms. The molecule has 3 heterocycles. The molecule has 4 fully saturated rings. The quantitative estimate of drug-likeness (QED) is 0.522. The number of ether oxygens (including phenoxy) is 1. The van der Waals surface area contributed by atoms with E-state index in [1.54, 1.807) is 23.9 Å². The predicted molar refractivity (Wildman–Crippen MR) is 144 cm³/mol. The average Bonchev–Trinajstić information content (AvgIpc) is 3.82. The van der Waals surface area contributed by atoms with Gasteiger partial charge in [-0.15, -0.1) is 23.1 Å². The van der Waals surface area contributed by atoms with Gasteiger partial charge in [0.25, 0.3) is 5.91 Å². The molecule has 8 nitrogen and oxygen atoms in total. The molecule has 10 heteroatoms. The zero-order valence-electron chi connectivity index (χ0n) is 20.7. The largest absolute Gasteiger partial charge is 0.381 e. The van der Waals surface area contributed by atoms with Crippen molar-refractivity contribution < 1.29 is 19.1 Å². The lowest BCUT2D eigenvalue weighted by Gasteiger charge is -2.35. The highest BCUT2D eigenvalue weighted by Crippen LogP contribution is 2.41. The maximum absolute atomic E-state index is 13.4. The Kier molecular flexibility index (Phi) is 7.23. The SMILES string of the molecule is O=C(NC1CC1)c1ccc(-c2csc(NC(=O)C3CSC(C4CCOCC4)N3C(=O)CC3CC3)n2)cc1. The van der Waals surface area contributed by atoms with Gasteiger partial charge >= 0.3 is 0 Å². The maximum Gasteiger partial charge on any atom is 0.251 e. The number of nitrogens with zero attached hydrogens (tertiary/aromatic N) is 2. The van der Waals surface area contributed by atoms with Crippen LogP contribution in [0.2, 0.25) is 0 Å². The molecule has 2 aliphatic heterocycles. The molecule has 4 aliphatic rings. The molecule has 2 atom stereocenters. The van der Waals surface area contributed by atoms with Crippen LogP contribution in [0.3, 0.4) is 0 Å². The summed E-state index contributed by atoms with van der Waals surface area (Å²) in [5.74, 6) is 1.33. The van der Waals surface area contributed by atoms with E-state index >= 15 is 0 Å². The fourth-order valence-electron chi connectivity index (χ4n) is 5.03. The molecule has 2 aliphatic carbocycles. The Hall–Kier alpha value is -2.43. The van der Waals surface area contributed by atoms with Crippen LogP contribution in [0.1, 0.15) is 55.3 Å². The molecule has 1 aromatic carbocycles. The van der Waals surface area contributed by atoms with Crippen molar-refractivity contribution in [3.63, 3.8) is 0 Å². The number of carbonyl (C=O) groups excluding carboxylic acids is 3. The first-order chi connectivity index (χ1) is 18.0. The minimum atomic E-state index is -0.485. The summed E-state index contributed by atoms with van der Waals surface area (Å²) in [6.45, 7) is 1.44. The second kappa shape index (κ2) is 10.7. The smallest absolute Gasteiger partial charge is 0.251 e. The van der Waals surface area contributed by atoms with Gasteiger partial charge in [0, 0.05) is 47.9 Å². The van der Waals surface area contributed by atoms with Crippen molar-refractivity contribution in [3.8, 4) is 11.3 Å². The molecule has 6 rings (SSSR count). The van der Waals surface area contributed by atoms with Gasteiger partial charge in [-0.2, -0.15) is 0 Å². The number of thioether (sulfide) groups is 1. The minimum Gasteiger partial charge on any atom is -0.381 e. The van der Waals surface area contributed by atoms with E-state index in [4.69, 9.17) is 4.74 Å². The Balaban J connectivity index is 1.12. The van der Waals surface area contributed by atoms with Crippen molar-refractivity contribution >= 4 is 46.0 Å². The van der Waals surface area contributed by atoms with E-state index in [0.29, 0.717) is 40.7 Å². The van der Waals surface area contributed by atoms with Gasteiger partial charge in [0.15, 0.2) is 5.13 Å². The van der Waals surface area contributed by atoms with Crippen molar-refractivity contribution in [1.29, 1.82) is 0 Å². The Bertz CT molecular complexity index is 1160. The number of anilines is 1. The van der Waals surface area contributed by atoms with E-state index in [2.05, 4.69) is 15.6 Å². The third-order valence-corrected chi connectivity index (χ3v) is 9.76. The van der Waals surface area contributed by atoms with Gasteiger partial charge < -0.3 is 20.3 Å². The summed E-state index contributed by atoms with van der Waals surface area (Å²) in [4.78, 5) is 45.5. The van der Waals surface area contributed by atoms with E-state index in [-0.39, 0.29) is 23.1 Å². The zero-order chi connectivity index (χ0) is 25.4. The summed E-state index contributed by atoms with van der Waals surface area (Å²) in [5.41, 5.74) is 2.27. The topological polar surface area (TPSA) is 101 Å². The number of hydrogen-bond acceptors (Lipinski definition) is 7. The molecule has 3 amide bonds. The second-order valence-corrected chi connectivity index (χ2v) is 12.5. The van der Waals surface area contributed by atoms with Gasteiger partial charge in [0.1, 0.15) is 6.04 Å². The average molecular weight is 541 g/mol. The monoisotopic (exact) mass is 540 g/mol. The van der Waals surface area contributed by atoms with Crippen LogP contribution in [-0.2, 0) is 14.3 Å². The predicted octanol–water partition coefficient (Wildman–Crippen LogP) is 4.14. The summed E-state index contributed by atoms with van der Waals surface area (Å²) in [7, 11) is 0. The molecule has 196 valence electrons. The molecule has 2 unspecified atom stereocenters. The van der Waals surface area contributed by atoms with Crippen LogP contribution in [0.5, 0.6) is 0 Å². The number of nitrogens with one attached hydrogen (secondary N) is 2. The summed E-state index contributed by atoms with van der Waals surface area (Å²) in [5, 5.41) is 8.43. The van der Waals surface area contributed by atoms with Gasteiger partial charge in [-0.1, -0.05) is 12.1 Å². The molecule has 2 saturated heterocycles. The highest BCUT2D eigenvalue weighted by Gasteiger charge is 2.46. The zero-order valence-corrected chi connectivity index (χ0v) is 22.3. The molecule has 37 heavy (non-hydrogen) atoms. The lowest BCUT2D eigenvalue weighted by atomic mass is 9.98. The van der Waals surface area contributed by atoms with Crippen LogP contribution in [0, 0.1) is 11.8 Å². The van der Waals surface area contributed by atoms with Crippen LogP contribution < -0.4 is 10.6 Å². The van der Waals surface area contributed by atoms with Crippen LogP contribution in [-0.4, -0.2) is 64.0 Å². The lowest BCUT2D eigenvalue weighted by Crippen LogP contribution is -2.50. The summed E-state index contributed by atoms with van der Waals surface area (Å²) >= 11 is 3.10. The van der Waals surface area contributed by atoms with E-state index in [1.165, 1.54) is 11.3 Å². The van der Waals surface area contributed by atoms with Crippen molar-refractivity contribution in [2.45, 2.75) is 62.4 Å². The Labute approximate surface area is 224 Å². The molecular formula is C27H32N4O4S2. The van der Waals surface area contributed by atoms with E-state index in [0.717, 1.165) is 63.0 Å². The third-order valence-electron chi connectivity index (χ3n) is 7.54. The number of thiazole rings is 1. The van der Waals surface area contributed by atoms with Gasteiger partial charge in [0.2, 0.25) is 11.8 Å². The normalized spacial score (nSPS) is 24.2. The lowest BCUT2D eigenvalue weighted by molar-refractivity contribution is -0.139. The first kappa shape index (κ1) is 24.9. The van der Waals surface area contributed by atoms with Gasteiger partial charge in [-0.25, -0.2) is 4.98 Å². The molecule has 0 radical (unpaired) electrons. The Morgan fingerprint density at radius 3 is 2.49 bits per heavy atom. The van der Waals surface area contributed by atoms with Crippen LogP contribution in [0.25, 0.3) is 11.3 Å². The van der Waals surface area contributed by atoms with Crippen LogP contribution >= 0.6 is 23.1 Å². The first-order valence-corrected chi connectivity index (χ1v) is 15.2. The number of amides is 3. The highest BCUT2D eigenvalue weighted by atomic mass is 32.2. The second-order valence-electron chi connectivity index (χ2n) is 10.5. The standard InChI is InChI=1S/C27H32N4O4S2/c32-23(13-16-1-2-16)31-22(15-36-26(31)19-9-11-35-12-10-19)25(34)30-27-29-21(14-37-27)17-3-5-18(6-4-17)24(33)28-20-7-8-20/h3-6,14,16,19-20,22,26H,1-2,7-13,15H2,(H,28,33)(H,29,30,34). The van der Waals surface area contributed by atoms with E-state index in [1.807, 2.05) is 22.4 Å². The van der Waals surface area contributed by atoms with Crippen molar-refractivity contribution in [1.82, 2.24) is 15.2 Å². The Morgan fingerprint density at radius 2 is 1.78 bits per heavy atom. The van der Waals surface area contributed by atoms with Gasteiger partial charge in [0.05, 0.1) is 11.1 Å².